The van der Waals surface area contributed by atoms with Crippen LogP contribution in [0.3, 0.4) is 0 Å². The molecular formula is C23H23NO6. The topological polar surface area (TPSA) is 94.8 Å². The first-order valence-electron chi connectivity index (χ1n) is 9.62. The average Bonchev–Trinajstić information content (AvgIpc) is 2.72. The van der Waals surface area contributed by atoms with Gasteiger partial charge in [0.25, 0.3) is 5.91 Å². The molecule has 3 aromatic rings. The average molecular weight is 409 g/mol. The third-order valence-electron chi connectivity index (χ3n) is 4.59. The van der Waals surface area contributed by atoms with Gasteiger partial charge in [-0.05, 0) is 55.7 Å². The molecule has 0 spiro atoms. The van der Waals surface area contributed by atoms with Crippen LogP contribution in [0.25, 0.3) is 11.0 Å². The Bertz CT molecular complexity index is 1120. The predicted molar refractivity (Wildman–Crippen MR) is 113 cm³/mol. The number of rotatable bonds is 7. The molecule has 156 valence electrons. The fourth-order valence-electron chi connectivity index (χ4n) is 2.89. The summed E-state index contributed by atoms with van der Waals surface area (Å²) < 4.78 is 15.7. The molecule has 0 fully saturated rings. The van der Waals surface area contributed by atoms with E-state index in [1.165, 1.54) is 19.1 Å². The van der Waals surface area contributed by atoms with Gasteiger partial charge in [-0.15, -0.1) is 0 Å². The Labute approximate surface area is 173 Å². The van der Waals surface area contributed by atoms with Crippen LogP contribution in [0, 0.1) is 6.92 Å². The molecule has 0 aliphatic heterocycles. The van der Waals surface area contributed by atoms with Gasteiger partial charge in [0.15, 0.2) is 12.7 Å². The summed E-state index contributed by atoms with van der Waals surface area (Å²) in [5.74, 6) is -0.776. The maximum Gasteiger partial charge on any atom is 0.344 e. The first-order chi connectivity index (χ1) is 14.4. The monoisotopic (exact) mass is 409 g/mol. The highest BCUT2D eigenvalue weighted by molar-refractivity contribution is 5.95. The molecule has 7 heteroatoms. The van der Waals surface area contributed by atoms with Gasteiger partial charge in [0, 0.05) is 23.2 Å². The molecule has 0 saturated heterocycles. The molecule has 1 amide bonds. The molecule has 1 N–H and O–H groups in total. The number of hydrogen-bond donors (Lipinski definition) is 1. The highest BCUT2D eigenvalue weighted by atomic mass is 16.6. The number of carbonyl (C=O) groups is 2. The number of nitrogens with one attached hydrogen (secondary N) is 1. The van der Waals surface area contributed by atoms with Crippen LogP contribution in [0.2, 0.25) is 0 Å². The van der Waals surface area contributed by atoms with Gasteiger partial charge in [-0.1, -0.05) is 19.1 Å². The number of hydrogen-bond acceptors (Lipinski definition) is 6. The maximum absolute atomic E-state index is 12.2. The molecule has 0 radical (unpaired) electrons. The van der Waals surface area contributed by atoms with Gasteiger partial charge in [0.05, 0.1) is 0 Å². The highest BCUT2D eigenvalue weighted by Crippen LogP contribution is 2.22. The molecule has 0 unspecified atom stereocenters. The van der Waals surface area contributed by atoms with E-state index in [1.807, 2.05) is 26.0 Å². The van der Waals surface area contributed by atoms with Crippen LogP contribution < -0.4 is 15.7 Å². The summed E-state index contributed by atoms with van der Waals surface area (Å²) in [6.07, 6.45) is -0.0743. The summed E-state index contributed by atoms with van der Waals surface area (Å²) in [4.78, 5) is 35.8. The Hall–Kier alpha value is -3.61. The highest BCUT2D eigenvalue weighted by Gasteiger charge is 2.18. The minimum absolute atomic E-state index is 0.348. The fourth-order valence-corrected chi connectivity index (χ4v) is 2.89. The SMILES string of the molecule is CCc1ccc(NC(=O)[C@@H](C)OC(=O)COc2ccc3c(C)cc(=O)oc3c2)cc1. The van der Waals surface area contributed by atoms with Gasteiger partial charge >= 0.3 is 11.6 Å². The lowest BCUT2D eigenvalue weighted by atomic mass is 10.1. The summed E-state index contributed by atoms with van der Waals surface area (Å²) in [5.41, 5.74) is 2.49. The van der Waals surface area contributed by atoms with E-state index in [1.54, 1.807) is 24.3 Å². The van der Waals surface area contributed by atoms with Crippen LogP contribution in [0.1, 0.15) is 25.0 Å². The second kappa shape index (κ2) is 9.26. The number of aryl methyl sites for hydroxylation is 2. The normalized spacial score (nSPS) is 11.7. The Morgan fingerprint density at radius 3 is 2.53 bits per heavy atom. The molecule has 2 aromatic carbocycles. The van der Waals surface area contributed by atoms with Crippen LogP contribution in [0.4, 0.5) is 5.69 Å². The molecule has 0 aliphatic rings. The van der Waals surface area contributed by atoms with Crippen LogP contribution >= 0.6 is 0 Å². The van der Waals surface area contributed by atoms with Crippen molar-refractivity contribution in [2.75, 3.05) is 11.9 Å². The number of fused-ring (bicyclic) bond motifs is 1. The van der Waals surface area contributed by atoms with Crippen molar-refractivity contribution in [3.05, 3.63) is 70.1 Å². The van der Waals surface area contributed by atoms with Gasteiger partial charge < -0.3 is 19.2 Å². The van der Waals surface area contributed by atoms with Gasteiger partial charge in [-0.25, -0.2) is 9.59 Å². The number of benzene rings is 2. The van der Waals surface area contributed by atoms with E-state index in [0.29, 0.717) is 17.0 Å². The molecule has 1 atom stereocenters. The second-order valence-electron chi connectivity index (χ2n) is 6.87. The first kappa shape index (κ1) is 21.1. The molecule has 1 heterocycles. The van der Waals surface area contributed by atoms with Gasteiger partial charge in [0.2, 0.25) is 0 Å². The van der Waals surface area contributed by atoms with E-state index >= 15 is 0 Å². The molecule has 1 aromatic heterocycles. The lowest BCUT2D eigenvalue weighted by Crippen LogP contribution is -2.31. The predicted octanol–water partition coefficient (Wildman–Crippen LogP) is 3.61. The minimum Gasteiger partial charge on any atom is -0.482 e. The van der Waals surface area contributed by atoms with Crippen molar-refractivity contribution in [3.8, 4) is 5.75 Å². The summed E-state index contributed by atoms with van der Waals surface area (Å²) in [5, 5.41) is 3.48. The Kier molecular flexibility index (Phi) is 6.51. The zero-order valence-electron chi connectivity index (χ0n) is 17.1. The van der Waals surface area contributed by atoms with Crippen molar-refractivity contribution >= 4 is 28.5 Å². The van der Waals surface area contributed by atoms with Crippen LogP contribution in [0.15, 0.2) is 57.7 Å². The largest absolute Gasteiger partial charge is 0.482 e. The summed E-state index contributed by atoms with van der Waals surface area (Å²) >= 11 is 0. The van der Waals surface area contributed by atoms with Crippen LogP contribution in [-0.2, 0) is 20.7 Å². The van der Waals surface area contributed by atoms with Crippen molar-refractivity contribution in [2.45, 2.75) is 33.3 Å². The maximum atomic E-state index is 12.2. The zero-order valence-corrected chi connectivity index (χ0v) is 17.1. The van der Waals surface area contributed by atoms with Gasteiger partial charge in [-0.2, -0.15) is 0 Å². The van der Waals surface area contributed by atoms with E-state index in [9.17, 15) is 14.4 Å². The minimum atomic E-state index is -0.982. The van der Waals surface area contributed by atoms with Crippen molar-refractivity contribution < 1.29 is 23.5 Å². The molecule has 0 aliphatic carbocycles. The summed E-state index contributed by atoms with van der Waals surface area (Å²) in [6, 6.07) is 13.8. The van der Waals surface area contributed by atoms with Crippen LogP contribution in [0.5, 0.6) is 5.75 Å². The molecule has 0 bridgehead atoms. The standard InChI is InChI=1S/C23H23NO6/c1-4-16-5-7-17(8-6-16)24-23(27)15(3)29-22(26)13-28-18-9-10-19-14(2)11-21(25)30-20(19)12-18/h5-12,15H,4,13H2,1-3H3,(H,24,27)/t15-/m1/s1. The molecule has 3 rings (SSSR count). The summed E-state index contributed by atoms with van der Waals surface area (Å²) in [7, 11) is 0. The fraction of sp³-hybridized carbons (Fsp3) is 0.261. The molecule has 30 heavy (non-hydrogen) atoms. The number of ether oxygens (including phenoxy) is 2. The van der Waals surface area contributed by atoms with Crippen molar-refractivity contribution in [1.29, 1.82) is 0 Å². The molecule has 0 saturated carbocycles. The number of esters is 1. The zero-order chi connectivity index (χ0) is 21.7. The van der Waals surface area contributed by atoms with Crippen LogP contribution in [-0.4, -0.2) is 24.6 Å². The lowest BCUT2D eigenvalue weighted by molar-refractivity contribution is -0.155. The van der Waals surface area contributed by atoms with E-state index in [0.717, 1.165) is 22.9 Å². The Balaban J connectivity index is 1.53. The quantitative estimate of drug-likeness (QED) is 0.473. The number of carbonyl (C=O) groups excluding carboxylic acids is 2. The second-order valence-corrected chi connectivity index (χ2v) is 6.87. The van der Waals surface area contributed by atoms with Crippen molar-refractivity contribution in [3.63, 3.8) is 0 Å². The Morgan fingerprint density at radius 2 is 1.83 bits per heavy atom. The molecule has 7 nitrogen and oxygen atoms in total. The van der Waals surface area contributed by atoms with Gasteiger partial charge in [0.1, 0.15) is 11.3 Å². The van der Waals surface area contributed by atoms with E-state index in [4.69, 9.17) is 13.9 Å². The third kappa shape index (κ3) is 5.26. The summed E-state index contributed by atoms with van der Waals surface area (Å²) in [6.45, 7) is 4.96. The van der Waals surface area contributed by atoms with E-state index in [-0.39, 0.29) is 6.61 Å². The van der Waals surface area contributed by atoms with Gasteiger partial charge in [-0.3, -0.25) is 4.79 Å². The lowest BCUT2D eigenvalue weighted by Gasteiger charge is -2.14. The van der Waals surface area contributed by atoms with E-state index < -0.39 is 23.6 Å². The smallest absolute Gasteiger partial charge is 0.344 e. The van der Waals surface area contributed by atoms with E-state index in [2.05, 4.69) is 5.32 Å². The Morgan fingerprint density at radius 1 is 1.10 bits per heavy atom. The van der Waals surface area contributed by atoms with Crippen molar-refractivity contribution in [1.82, 2.24) is 0 Å². The first-order valence-corrected chi connectivity index (χ1v) is 9.62. The third-order valence-corrected chi connectivity index (χ3v) is 4.59. The number of amides is 1. The molecular weight excluding hydrogens is 386 g/mol. The van der Waals surface area contributed by atoms with Crippen molar-refractivity contribution in [2.24, 2.45) is 0 Å². The number of anilines is 1.